The molecule has 1 aromatic rings. The van der Waals surface area contributed by atoms with Gasteiger partial charge in [0.15, 0.2) is 11.5 Å². The first-order chi connectivity index (χ1) is 11.1. The standard InChI is InChI=1S/C18H16N2O3/c1-10-3-4-15-11(5-10)6-12-9-19-14-8-16(21)17(23-2)7-13(14)18(22)20(12)15/h3-4,7-9,12,21H,1,5-6H2,2H3. The van der Waals surface area contributed by atoms with Crippen LogP contribution in [0.1, 0.15) is 23.2 Å². The van der Waals surface area contributed by atoms with Crippen molar-refractivity contribution in [1.82, 2.24) is 4.90 Å². The average molecular weight is 308 g/mol. The maximum absolute atomic E-state index is 13.1. The van der Waals surface area contributed by atoms with Gasteiger partial charge in [-0.15, -0.1) is 0 Å². The van der Waals surface area contributed by atoms with Crippen LogP contribution in [0.2, 0.25) is 0 Å². The van der Waals surface area contributed by atoms with Crippen LogP contribution >= 0.6 is 0 Å². The molecule has 2 heterocycles. The van der Waals surface area contributed by atoms with E-state index in [1.807, 2.05) is 12.2 Å². The van der Waals surface area contributed by atoms with Crippen molar-refractivity contribution in [2.24, 2.45) is 4.99 Å². The highest BCUT2D eigenvalue weighted by Gasteiger charge is 2.38. The van der Waals surface area contributed by atoms with E-state index >= 15 is 0 Å². The van der Waals surface area contributed by atoms with Crippen molar-refractivity contribution in [3.05, 3.63) is 53.3 Å². The average Bonchev–Trinajstić information content (AvgIpc) is 2.83. The lowest BCUT2D eigenvalue weighted by molar-refractivity contribution is 0.0806. The Balaban J connectivity index is 1.83. The smallest absolute Gasteiger partial charge is 0.261 e. The molecule has 1 unspecified atom stereocenters. The largest absolute Gasteiger partial charge is 0.504 e. The molecule has 5 heteroatoms. The quantitative estimate of drug-likeness (QED) is 0.867. The molecule has 116 valence electrons. The van der Waals surface area contributed by atoms with Crippen LogP contribution in [-0.2, 0) is 0 Å². The van der Waals surface area contributed by atoms with E-state index in [-0.39, 0.29) is 23.4 Å². The number of allylic oxidation sites excluding steroid dienone is 3. The Morgan fingerprint density at radius 3 is 3.00 bits per heavy atom. The van der Waals surface area contributed by atoms with Gasteiger partial charge in [-0.05, 0) is 30.6 Å². The van der Waals surface area contributed by atoms with Gasteiger partial charge in [0, 0.05) is 18.0 Å². The van der Waals surface area contributed by atoms with Gasteiger partial charge in [0.1, 0.15) is 0 Å². The number of hydrogen-bond donors (Lipinski definition) is 1. The SMILES string of the molecule is C=C1C=CC2=C(C1)CC1C=Nc3cc(O)c(OC)cc3C(=O)N21. The molecule has 2 aliphatic heterocycles. The van der Waals surface area contributed by atoms with Crippen LogP contribution in [0.15, 0.2) is 52.7 Å². The predicted molar refractivity (Wildman–Crippen MR) is 87.3 cm³/mol. The number of phenolic OH excluding ortho intramolecular Hbond substituents is 1. The first-order valence-corrected chi connectivity index (χ1v) is 7.45. The maximum Gasteiger partial charge on any atom is 0.261 e. The molecule has 0 radical (unpaired) electrons. The molecular weight excluding hydrogens is 292 g/mol. The summed E-state index contributed by atoms with van der Waals surface area (Å²) < 4.78 is 5.12. The first-order valence-electron chi connectivity index (χ1n) is 7.45. The van der Waals surface area contributed by atoms with E-state index < -0.39 is 0 Å². The molecule has 3 aliphatic rings. The number of methoxy groups -OCH3 is 1. The summed E-state index contributed by atoms with van der Waals surface area (Å²) in [4.78, 5) is 19.3. The maximum atomic E-state index is 13.1. The van der Waals surface area contributed by atoms with Crippen molar-refractivity contribution in [3.8, 4) is 11.5 Å². The van der Waals surface area contributed by atoms with E-state index in [2.05, 4.69) is 11.6 Å². The Labute approximate surface area is 133 Å². The summed E-state index contributed by atoms with van der Waals surface area (Å²) in [7, 11) is 1.46. The second-order valence-corrected chi connectivity index (χ2v) is 5.92. The summed E-state index contributed by atoms with van der Waals surface area (Å²) in [6, 6.07) is 2.93. The van der Waals surface area contributed by atoms with E-state index in [4.69, 9.17) is 4.74 Å². The lowest BCUT2D eigenvalue weighted by Crippen LogP contribution is -2.35. The third-order valence-electron chi connectivity index (χ3n) is 4.46. The monoisotopic (exact) mass is 308 g/mol. The number of nitrogens with zero attached hydrogens (tertiary/aromatic N) is 2. The van der Waals surface area contributed by atoms with Gasteiger partial charge in [-0.25, -0.2) is 0 Å². The number of carbonyl (C=O) groups excluding carboxylic acids is 1. The number of aliphatic imine (C=N–C) groups is 1. The number of amides is 1. The highest BCUT2D eigenvalue weighted by molar-refractivity contribution is 6.05. The van der Waals surface area contributed by atoms with Crippen molar-refractivity contribution < 1.29 is 14.6 Å². The van der Waals surface area contributed by atoms with Crippen molar-refractivity contribution in [1.29, 1.82) is 0 Å². The summed E-state index contributed by atoms with van der Waals surface area (Å²) in [5.41, 5.74) is 4.12. The summed E-state index contributed by atoms with van der Waals surface area (Å²) in [6.45, 7) is 4.00. The van der Waals surface area contributed by atoms with Crippen LogP contribution in [0.3, 0.4) is 0 Å². The molecule has 0 fully saturated rings. The summed E-state index contributed by atoms with van der Waals surface area (Å²) in [6.07, 6.45) is 7.26. The molecule has 5 nitrogen and oxygen atoms in total. The van der Waals surface area contributed by atoms with E-state index in [1.165, 1.54) is 18.7 Å². The zero-order chi connectivity index (χ0) is 16.1. The third kappa shape index (κ3) is 2.00. The lowest BCUT2D eigenvalue weighted by atomic mass is 9.97. The lowest BCUT2D eigenvalue weighted by Gasteiger charge is -2.23. The Kier molecular flexibility index (Phi) is 2.91. The molecule has 4 rings (SSSR count). The molecule has 0 saturated carbocycles. The Bertz CT molecular complexity index is 833. The highest BCUT2D eigenvalue weighted by atomic mass is 16.5. The van der Waals surface area contributed by atoms with Crippen LogP contribution in [0.25, 0.3) is 0 Å². The van der Waals surface area contributed by atoms with Gasteiger partial charge in [0.05, 0.1) is 24.4 Å². The fourth-order valence-electron chi connectivity index (χ4n) is 3.36. The van der Waals surface area contributed by atoms with Gasteiger partial charge in [0.2, 0.25) is 0 Å². The molecule has 0 bridgehead atoms. The summed E-state index contributed by atoms with van der Waals surface area (Å²) in [5, 5.41) is 9.91. The molecule has 1 atom stereocenters. The van der Waals surface area contributed by atoms with Gasteiger partial charge in [-0.2, -0.15) is 0 Å². The van der Waals surface area contributed by atoms with Crippen molar-refractivity contribution in [3.63, 3.8) is 0 Å². The van der Waals surface area contributed by atoms with Crippen LogP contribution in [0.5, 0.6) is 11.5 Å². The Hall–Kier alpha value is -2.82. The van der Waals surface area contributed by atoms with E-state index in [0.29, 0.717) is 11.3 Å². The minimum Gasteiger partial charge on any atom is -0.504 e. The zero-order valence-corrected chi connectivity index (χ0v) is 12.7. The molecule has 0 aromatic heterocycles. The first kappa shape index (κ1) is 13.8. The van der Waals surface area contributed by atoms with Gasteiger partial charge < -0.3 is 9.84 Å². The molecule has 0 spiro atoms. The molecule has 1 aliphatic carbocycles. The van der Waals surface area contributed by atoms with Crippen LogP contribution in [0.4, 0.5) is 5.69 Å². The number of fused-ring (bicyclic) bond motifs is 3. The van der Waals surface area contributed by atoms with E-state index in [0.717, 1.165) is 24.1 Å². The molecule has 0 saturated heterocycles. The number of hydrogen-bond acceptors (Lipinski definition) is 4. The molecular formula is C18H16N2O3. The number of aromatic hydroxyl groups is 1. The number of ether oxygens (including phenoxy) is 1. The minimum atomic E-state index is -0.122. The van der Waals surface area contributed by atoms with E-state index in [9.17, 15) is 9.90 Å². The normalized spacial score (nSPS) is 22.0. The van der Waals surface area contributed by atoms with Gasteiger partial charge >= 0.3 is 0 Å². The van der Waals surface area contributed by atoms with Crippen LogP contribution in [0, 0.1) is 0 Å². The second-order valence-electron chi connectivity index (χ2n) is 5.92. The van der Waals surface area contributed by atoms with Crippen molar-refractivity contribution in [2.45, 2.75) is 18.9 Å². The minimum absolute atomic E-state index is 0.0213. The predicted octanol–water partition coefficient (Wildman–Crippen LogP) is 3.10. The fourth-order valence-corrected chi connectivity index (χ4v) is 3.36. The summed E-state index contributed by atoms with van der Waals surface area (Å²) >= 11 is 0. The van der Waals surface area contributed by atoms with Gasteiger partial charge in [-0.1, -0.05) is 18.2 Å². The molecule has 23 heavy (non-hydrogen) atoms. The van der Waals surface area contributed by atoms with E-state index in [1.54, 1.807) is 17.2 Å². The number of phenols is 1. The Morgan fingerprint density at radius 2 is 2.22 bits per heavy atom. The second kappa shape index (κ2) is 4.84. The zero-order valence-electron chi connectivity index (χ0n) is 12.7. The number of benzene rings is 1. The molecule has 1 amide bonds. The fraction of sp³-hybridized carbons (Fsp3) is 0.222. The van der Waals surface area contributed by atoms with Gasteiger partial charge in [0.25, 0.3) is 5.91 Å². The highest BCUT2D eigenvalue weighted by Crippen LogP contribution is 2.41. The van der Waals surface area contributed by atoms with Crippen LogP contribution in [-0.4, -0.2) is 35.3 Å². The topological polar surface area (TPSA) is 62.1 Å². The Morgan fingerprint density at radius 1 is 1.39 bits per heavy atom. The van der Waals surface area contributed by atoms with Crippen LogP contribution < -0.4 is 4.74 Å². The van der Waals surface area contributed by atoms with Gasteiger partial charge in [-0.3, -0.25) is 14.7 Å². The number of rotatable bonds is 1. The van der Waals surface area contributed by atoms with Crippen molar-refractivity contribution in [2.75, 3.05) is 7.11 Å². The number of carbonyl (C=O) groups is 1. The molecule has 1 aromatic carbocycles. The van der Waals surface area contributed by atoms with Crippen molar-refractivity contribution >= 4 is 17.8 Å². The third-order valence-corrected chi connectivity index (χ3v) is 4.46. The summed E-state index contributed by atoms with van der Waals surface area (Å²) in [5.74, 6) is 0.127. The molecule has 1 N–H and O–H groups in total.